The first-order chi connectivity index (χ1) is 11.2. The molecule has 1 atom stereocenters. The average molecular weight is 331 g/mol. The molecule has 5 nitrogen and oxygen atoms in total. The number of carbonyl (C=O) groups excluding carboxylic acids is 1. The van der Waals surface area contributed by atoms with Gasteiger partial charge in [-0.3, -0.25) is 0 Å². The van der Waals surface area contributed by atoms with E-state index >= 15 is 0 Å². The van der Waals surface area contributed by atoms with Crippen LogP contribution in [0.15, 0.2) is 29.6 Å². The van der Waals surface area contributed by atoms with Gasteiger partial charge in [-0.2, -0.15) is 0 Å². The van der Waals surface area contributed by atoms with Crippen molar-refractivity contribution in [1.29, 1.82) is 0 Å². The molecular weight excluding hydrogens is 310 g/mol. The number of benzene rings is 1. The Hall–Kier alpha value is -1.92. The summed E-state index contributed by atoms with van der Waals surface area (Å²) in [6.07, 6.45) is 1.73. The van der Waals surface area contributed by atoms with Crippen LogP contribution in [0.3, 0.4) is 0 Å². The Labute approximate surface area is 140 Å². The predicted octanol–water partition coefficient (Wildman–Crippen LogP) is 2.51. The zero-order chi connectivity index (χ0) is 16.2. The molecule has 0 saturated heterocycles. The Morgan fingerprint density at radius 2 is 2.30 bits per heavy atom. The molecule has 6 heteroatoms. The molecule has 0 saturated carbocycles. The number of hydrogen-bond acceptors (Lipinski definition) is 4. The molecule has 3 rings (SSSR count). The largest absolute Gasteiger partial charge is 0.394 e. The highest BCUT2D eigenvalue weighted by Gasteiger charge is 2.29. The zero-order valence-corrected chi connectivity index (χ0v) is 14.0. The molecule has 0 aliphatic carbocycles. The fourth-order valence-electron chi connectivity index (χ4n) is 2.95. The number of rotatable bonds is 4. The van der Waals surface area contributed by atoms with Gasteiger partial charge in [-0.05, 0) is 24.0 Å². The molecule has 2 aromatic rings. The third-order valence-corrected chi connectivity index (χ3v) is 5.21. The summed E-state index contributed by atoms with van der Waals surface area (Å²) in [5, 5.41) is 15.7. The number of thiazole rings is 1. The van der Waals surface area contributed by atoms with Gasteiger partial charge in [-0.25, -0.2) is 9.78 Å². The van der Waals surface area contributed by atoms with E-state index in [0.29, 0.717) is 13.1 Å². The Bertz CT molecular complexity index is 686. The Morgan fingerprint density at radius 3 is 3.04 bits per heavy atom. The summed E-state index contributed by atoms with van der Waals surface area (Å²) in [5.41, 5.74) is 3.14. The van der Waals surface area contributed by atoms with E-state index in [1.807, 2.05) is 23.6 Å². The molecule has 1 aromatic carbocycles. The van der Waals surface area contributed by atoms with Crippen molar-refractivity contribution in [1.82, 2.24) is 15.2 Å². The normalized spacial score (nSPS) is 17.0. The van der Waals surface area contributed by atoms with Gasteiger partial charge < -0.3 is 15.3 Å². The van der Waals surface area contributed by atoms with E-state index in [4.69, 9.17) is 0 Å². The SMILES string of the molecule is CCc1nc(CNC(=O)N2CCc3ccccc3[C@H]2CO)cs1. The second-order valence-corrected chi connectivity index (χ2v) is 6.53. The van der Waals surface area contributed by atoms with Gasteiger partial charge in [0.2, 0.25) is 0 Å². The van der Waals surface area contributed by atoms with Gasteiger partial charge in [0.25, 0.3) is 0 Å². The first-order valence-electron chi connectivity index (χ1n) is 7.89. The molecule has 2 N–H and O–H groups in total. The second kappa shape index (κ2) is 7.10. The quantitative estimate of drug-likeness (QED) is 0.905. The minimum Gasteiger partial charge on any atom is -0.394 e. The fourth-order valence-corrected chi connectivity index (χ4v) is 3.70. The van der Waals surface area contributed by atoms with E-state index in [1.165, 1.54) is 5.56 Å². The Morgan fingerprint density at radius 1 is 1.48 bits per heavy atom. The standard InChI is InChI=1S/C17H21N3O2S/c1-2-16-19-13(11-23-16)9-18-17(22)20-8-7-12-5-3-4-6-14(12)15(20)10-21/h3-6,11,15,21H,2,7-10H2,1H3,(H,18,22)/t15-/m1/s1. The first-order valence-corrected chi connectivity index (χ1v) is 8.77. The van der Waals surface area contributed by atoms with Crippen LogP contribution < -0.4 is 5.32 Å². The maximum Gasteiger partial charge on any atom is 0.318 e. The van der Waals surface area contributed by atoms with Crippen molar-refractivity contribution in [3.63, 3.8) is 0 Å². The molecule has 2 heterocycles. The molecule has 23 heavy (non-hydrogen) atoms. The zero-order valence-electron chi connectivity index (χ0n) is 13.2. The summed E-state index contributed by atoms with van der Waals surface area (Å²) >= 11 is 1.62. The third-order valence-electron chi connectivity index (χ3n) is 4.17. The maximum atomic E-state index is 12.5. The minimum absolute atomic E-state index is 0.0683. The molecule has 2 amide bonds. The smallest absolute Gasteiger partial charge is 0.318 e. The summed E-state index contributed by atoms with van der Waals surface area (Å²) in [4.78, 5) is 18.7. The third kappa shape index (κ3) is 3.38. The molecule has 122 valence electrons. The molecule has 1 aliphatic heterocycles. The van der Waals surface area contributed by atoms with Crippen LogP contribution in [0.4, 0.5) is 4.79 Å². The second-order valence-electron chi connectivity index (χ2n) is 5.59. The van der Waals surface area contributed by atoms with Crippen LogP contribution in [0.5, 0.6) is 0 Å². The highest BCUT2D eigenvalue weighted by molar-refractivity contribution is 7.09. The Balaban J connectivity index is 1.67. The number of nitrogens with one attached hydrogen (secondary N) is 1. The number of hydrogen-bond donors (Lipinski definition) is 2. The molecular formula is C17H21N3O2S. The van der Waals surface area contributed by atoms with E-state index in [0.717, 1.165) is 29.1 Å². The fraction of sp³-hybridized carbons (Fsp3) is 0.412. The molecule has 0 radical (unpaired) electrons. The van der Waals surface area contributed by atoms with Crippen molar-refractivity contribution in [2.75, 3.05) is 13.2 Å². The number of urea groups is 1. The monoisotopic (exact) mass is 331 g/mol. The number of aryl methyl sites for hydroxylation is 1. The van der Waals surface area contributed by atoms with Crippen LogP contribution in [0.2, 0.25) is 0 Å². The summed E-state index contributed by atoms with van der Waals surface area (Å²) in [6.45, 7) is 3.04. The molecule has 1 aliphatic rings. The van der Waals surface area contributed by atoms with Crippen molar-refractivity contribution in [2.24, 2.45) is 0 Å². The van der Waals surface area contributed by atoms with Crippen LogP contribution in [0.25, 0.3) is 0 Å². The van der Waals surface area contributed by atoms with E-state index in [-0.39, 0.29) is 18.7 Å². The summed E-state index contributed by atoms with van der Waals surface area (Å²) in [7, 11) is 0. The van der Waals surface area contributed by atoms with Gasteiger partial charge in [0, 0.05) is 11.9 Å². The molecule has 1 aromatic heterocycles. The number of aliphatic hydroxyl groups excluding tert-OH is 1. The predicted molar refractivity (Wildman–Crippen MR) is 90.4 cm³/mol. The number of amides is 2. The number of aliphatic hydroxyl groups is 1. The summed E-state index contributed by atoms with van der Waals surface area (Å²) < 4.78 is 0. The lowest BCUT2D eigenvalue weighted by Gasteiger charge is -2.36. The van der Waals surface area contributed by atoms with Gasteiger partial charge >= 0.3 is 6.03 Å². The summed E-state index contributed by atoms with van der Waals surface area (Å²) in [6, 6.07) is 7.57. The van der Waals surface area contributed by atoms with Crippen LogP contribution in [0.1, 0.15) is 34.8 Å². The number of nitrogens with zero attached hydrogens (tertiary/aromatic N) is 2. The summed E-state index contributed by atoms with van der Waals surface area (Å²) in [5.74, 6) is 0. The van der Waals surface area contributed by atoms with Gasteiger partial charge in [0.05, 0.1) is 29.9 Å². The molecule has 0 unspecified atom stereocenters. The van der Waals surface area contributed by atoms with Crippen molar-refractivity contribution in [3.05, 3.63) is 51.5 Å². The van der Waals surface area contributed by atoms with Crippen LogP contribution >= 0.6 is 11.3 Å². The maximum absolute atomic E-state index is 12.5. The van der Waals surface area contributed by atoms with Gasteiger partial charge in [0.15, 0.2) is 0 Å². The van der Waals surface area contributed by atoms with E-state index in [1.54, 1.807) is 16.2 Å². The van der Waals surface area contributed by atoms with Crippen molar-refractivity contribution in [3.8, 4) is 0 Å². The van der Waals surface area contributed by atoms with Gasteiger partial charge in [-0.15, -0.1) is 11.3 Å². The van der Waals surface area contributed by atoms with Crippen molar-refractivity contribution in [2.45, 2.75) is 32.4 Å². The average Bonchev–Trinajstić information content (AvgIpc) is 3.06. The van der Waals surface area contributed by atoms with E-state index < -0.39 is 0 Å². The van der Waals surface area contributed by atoms with Crippen LogP contribution in [-0.2, 0) is 19.4 Å². The number of fused-ring (bicyclic) bond motifs is 1. The number of aromatic nitrogens is 1. The first kappa shape index (κ1) is 16.0. The van der Waals surface area contributed by atoms with Gasteiger partial charge in [-0.1, -0.05) is 31.2 Å². The molecule has 0 bridgehead atoms. The molecule has 0 fully saturated rings. The number of carbonyl (C=O) groups is 1. The van der Waals surface area contributed by atoms with Crippen molar-refractivity contribution >= 4 is 17.4 Å². The topological polar surface area (TPSA) is 65.5 Å². The Kier molecular flexibility index (Phi) is 4.93. The van der Waals surface area contributed by atoms with Crippen LogP contribution in [0, 0.1) is 0 Å². The van der Waals surface area contributed by atoms with E-state index in [9.17, 15) is 9.90 Å². The van der Waals surface area contributed by atoms with Gasteiger partial charge in [0.1, 0.15) is 0 Å². The van der Waals surface area contributed by atoms with Crippen LogP contribution in [-0.4, -0.2) is 34.2 Å². The molecule has 0 spiro atoms. The highest BCUT2D eigenvalue weighted by atomic mass is 32.1. The lowest BCUT2D eigenvalue weighted by molar-refractivity contribution is 0.126. The minimum atomic E-state index is -0.276. The van der Waals surface area contributed by atoms with Crippen molar-refractivity contribution < 1.29 is 9.90 Å². The lowest BCUT2D eigenvalue weighted by atomic mass is 9.93. The van der Waals surface area contributed by atoms with E-state index in [2.05, 4.69) is 23.3 Å². The highest BCUT2D eigenvalue weighted by Crippen LogP contribution is 2.29. The lowest BCUT2D eigenvalue weighted by Crippen LogP contribution is -2.46.